The Kier molecular flexibility index (Phi) is 5.84. The molecule has 0 fully saturated rings. The van der Waals surface area contributed by atoms with Crippen molar-refractivity contribution >= 4 is 11.6 Å². The second kappa shape index (κ2) is 6.74. The van der Waals surface area contributed by atoms with Crippen molar-refractivity contribution in [2.45, 2.75) is 46.3 Å². The highest BCUT2D eigenvalue weighted by Crippen LogP contribution is 2.25. The summed E-state index contributed by atoms with van der Waals surface area (Å²) in [5.41, 5.74) is 1.15. The van der Waals surface area contributed by atoms with Crippen LogP contribution in [0.1, 0.15) is 45.7 Å². The van der Waals surface area contributed by atoms with E-state index in [1.54, 1.807) is 0 Å². The molecule has 0 radical (unpaired) electrons. The smallest absolute Gasteiger partial charge is 0.0600 e. The van der Waals surface area contributed by atoms with Crippen LogP contribution in [0.15, 0.2) is 24.3 Å². The van der Waals surface area contributed by atoms with Gasteiger partial charge >= 0.3 is 0 Å². The van der Waals surface area contributed by atoms with Gasteiger partial charge in [0.25, 0.3) is 0 Å². The molecule has 0 aliphatic carbocycles. The summed E-state index contributed by atoms with van der Waals surface area (Å²) in [5, 5.41) is 10.9. The molecule has 0 spiro atoms. The molecule has 0 saturated carbocycles. The summed E-state index contributed by atoms with van der Waals surface area (Å²) < 4.78 is 0. The zero-order chi connectivity index (χ0) is 14.6. The largest absolute Gasteiger partial charge is 0.393 e. The van der Waals surface area contributed by atoms with E-state index in [1.807, 2.05) is 18.2 Å². The van der Waals surface area contributed by atoms with Crippen molar-refractivity contribution in [3.8, 4) is 0 Å². The SMILES string of the molecule is CC(c1cccc(Cl)c1)N(C)CCC(O)C(C)(C)C. The van der Waals surface area contributed by atoms with E-state index in [0.29, 0.717) is 6.04 Å². The lowest BCUT2D eigenvalue weighted by Crippen LogP contribution is -2.32. The molecule has 0 aromatic heterocycles. The quantitative estimate of drug-likeness (QED) is 0.878. The first-order valence-corrected chi connectivity index (χ1v) is 7.23. The molecule has 0 bridgehead atoms. The van der Waals surface area contributed by atoms with Crippen LogP contribution in [-0.4, -0.2) is 29.7 Å². The van der Waals surface area contributed by atoms with Crippen molar-refractivity contribution in [1.29, 1.82) is 0 Å². The molecule has 1 N–H and O–H groups in total. The van der Waals surface area contributed by atoms with Crippen molar-refractivity contribution < 1.29 is 5.11 Å². The third-order valence-corrected chi connectivity index (χ3v) is 3.98. The summed E-state index contributed by atoms with van der Waals surface area (Å²) in [6, 6.07) is 8.26. The van der Waals surface area contributed by atoms with Crippen LogP contribution >= 0.6 is 11.6 Å². The number of halogens is 1. The Morgan fingerprint density at radius 1 is 1.32 bits per heavy atom. The number of benzene rings is 1. The van der Waals surface area contributed by atoms with Crippen LogP contribution in [0.25, 0.3) is 0 Å². The summed E-state index contributed by atoms with van der Waals surface area (Å²) in [5.74, 6) is 0. The van der Waals surface area contributed by atoms with Crippen LogP contribution in [0.4, 0.5) is 0 Å². The Morgan fingerprint density at radius 3 is 2.47 bits per heavy atom. The fourth-order valence-corrected chi connectivity index (χ4v) is 2.17. The number of hydrogen-bond donors (Lipinski definition) is 1. The molecule has 0 amide bonds. The topological polar surface area (TPSA) is 23.5 Å². The van der Waals surface area contributed by atoms with Crippen molar-refractivity contribution in [2.24, 2.45) is 5.41 Å². The summed E-state index contributed by atoms with van der Waals surface area (Å²) in [7, 11) is 2.08. The molecule has 0 heterocycles. The third-order valence-electron chi connectivity index (χ3n) is 3.75. The molecule has 2 nitrogen and oxygen atoms in total. The van der Waals surface area contributed by atoms with Crippen LogP contribution in [0, 0.1) is 5.41 Å². The minimum atomic E-state index is -0.276. The van der Waals surface area contributed by atoms with Gasteiger partial charge in [0.2, 0.25) is 0 Å². The molecule has 2 unspecified atom stereocenters. The summed E-state index contributed by atoms with van der Waals surface area (Å²) >= 11 is 6.02. The molecule has 3 heteroatoms. The Balaban J connectivity index is 2.56. The Bertz CT molecular complexity index is 400. The maximum Gasteiger partial charge on any atom is 0.0600 e. The van der Waals surface area contributed by atoms with Gasteiger partial charge in [-0.1, -0.05) is 44.5 Å². The minimum Gasteiger partial charge on any atom is -0.393 e. The van der Waals surface area contributed by atoms with E-state index in [2.05, 4.69) is 45.7 Å². The molecule has 1 aromatic rings. The fourth-order valence-electron chi connectivity index (χ4n) is 1.97. The predicted octanol–water partition coefficient (Wildman–Crippen LogP) is 4.13. The van der Waals surface area contributed by atoms with Gasteiger partial charge in [0.05, 0.1) is 6.10 Å². The van der Waals surface area contributed by atoms with Crippen molar-refractivity contribution in [3.05, 3.63) is 34.9 Å². The predicted molar refractivity (Wildman–Crippen MR) is 82.6 cm³/mol. The molecule has 1 aromatic carbocycles. The van der Waals surface area contributed by atoms with Gasteiger partial charge in [0.15, 0.2) is 0 Å². The zero-order valence-corrected chi connectivity index (χ0v) is 13.4. The number of aliphatic hydroxyl groups excluding tert-OH is 1. The number of aliphatic hydroxyl groups is 1. The van der Waals surface area contributed by atoms with E-state index in [0.717, 1.165) is 18.0 Å². The lowest BCUT2D eigenvalue weighted by Gasteiger charge is -2.30. The van der Waals surface area contributed by atoms with Gasteiger partial charge in [-0.05, 0) is 43.5 Å². The monoisotopic (exact) mass is 283 g/mol. The van der Waals surface area contributed by atoms with Gasteiger partial charge in [-0.15, -0.1) is 0 Å². The first kappa shape index (κ1) is 16.5. The van der Waals surface area contributed by atoms with Crippen molar-refractivity contribution in [3.63, 3.8) is 0 Å². The summed E-state index contributed by atoms with van der Waals surface area (Å²) in [6.07, 6.45) is 0.506. The van der Waals surface area contributed by atoms with E-state index in [9.17, 15) is 5.11 Å². The second-order valence-electron chi connectivity index (χ2n) is 6.38. The molecule has 108 valence electrons. The lowest BCUT2D eigenvalue weighted by molar-refractivity contribution is 0.0447. The van der Waals surface area contributed by atoms with Crippen LogP contribution in [-0.2, 0) is 0 Å². The van der Waals surface area contributed by atoms with E-state index >= 15 is 0 Å². The minimum absolute atomic E-state index is 0.0554. The van der Waals surface area contributed by atoms with E-state index < -0.39 is 0 Å². The highest BCUT2D eigenvalue weighted by Gasteiger charge is 2.23. The molecule has 2 atom stereocenters. The first-order valence-electron chi connectivity index (χ1n) is 6.85. The van der Waals surface area contributed by atoms with Crippen LogP contribution in [0.3, 0.4) is 0 Å². The fraction of sp³-hybridized carbons (Fsp3) is 0.625. The summed E-state index contributed by atoms with van der Waals surface area (Å²) in [6.45, 7) is 9.23. The maximum atomic E-state index is 10.1. The van der Waals surface area contributed by atoms with Gasteiger partial charge in [-0.3, -0.25) is 4.90 Å². The average molecular weight is 284 g/mol. The Morgan fingerprint density at radius 2 is 1.95 bits per heavy atom. The molecule has 19 heavy (non-hydrogen) atoms. The van der Waals surface area contributed by atoms with Gasteiger partial charge in [-0.25, -0.2) is 0 Å². The van der Waals surface area contributed by atoms with Crippen molar-refractivity contribution in [2.75, 3.05) is 13.6 Å². The van der Waals surface area contributed by atoms with Gasteiger partial charge in [-0.2, -0.15) is 0 Å². The van der Waals surface area contributed by atoms with E-state index in [-0.39, 0.29) is 11.5 Å². The third kappa shape index (κ3) is 5.13. The molecule has 0 saturated heterocycles. The van der Waals surface area contributed by atoms with Crippen LogP contribution in [0.2, 0.25) is 5.02 Å². The summed E-state index contributed by atoms with van der Waals surface area (Å²) in [4.78, 5) is 2.25. The number of hydrogen-bond acceptors (Lipinski definition) is 2. The van der Waals surface area contributed by atoms with Gasteiger partial charge in [0.1, 0.15) is 0 Å². The Hall–Kier alpha value is -0.570. The Labute approximate surface area is 122 Å². The van der Waals surface area contributed by atoms with Crippen molar-refractivity contribution in [1.82, 2.24) is 4.90 Å². The molecule has 1 rings (SSSR count). The van der Waals surface area contributed by atoms with E-state index in [1.165, 1.54) is 5.56 Å². The number of nitrogens with zero attached hydrogens (tertiary/aromatic N) is 1. The standard InChI is InChI=1S/C16H26ClNO/c1-12(13-7-6-8-14(17)11-13)18(5)10-9-15(19)16(2,3)4/h6-8,11-12,15,19H,9-10H2,1-5H3. The molecular weight excluding hydrogens is 258 g/mol. The zero-order valence-electron chi connectivity index (χ0n) is 12.7. The van der Waals surface area contributed by atoms with Gasteiger partial charge < -0.3 is 5.11 Å². The van der Waals surface area contributed by atoms with E-state index in [4.69, 9.17) is 11.6 Å². The molecular formula is C16H26ClNO. The number of rotatable bonds is 5. The van der Waals surface area contributed by atoms with Gasteiger partial charge in [0, 0.05) is 17.6 Å². The molecule has 0 aliphatic rings. The van der Waals surface area contributed by atoms with Crippen LogP contribution in [0.5, 0.6) is 0 Å². The average Bonchev–Trinajstić information content (AvgIpc) is 2.33. The lowest BCUT2D eigenvalue weighted by atomic mass is 9.87. The highest BCUT2D eigenvalue weighted by atomic mass is 35.5. The maximum absolute atomic E-state index is 10.1. The highest BCUT2D eigenvalue weighted by molar-refractivity contribution is 6.30. The normalized spacial score (nSPS) is 15.6. The second-order valence-corrected chi connectivity index (χ2v) is 6.82. The molecule has 0 aliphatic heterocycles. The van der Waals surface area contributed by atoms with Crippen LogP contribution < -0.4 is 0 Å². The first-order chi connectivity index (χ1) is 8.71.